The molecule has 7 heteroatoms. The van der Waals surface area contributed by atoms with Gasteiger partial charge >= 0.3 is 8.80 Å². The molecule has 0 aromatic heterocycles. The molecule has 0 heterocycles. The second kappa shape index (κ2) is 9.51. The fourth-order valence-corrected chi connectivity index (χ4v) is 5.75. The van der Waals surface area contributed by atoms with Gasteiger partial charge in [0.2, 0.25) is 0 Å². The second-order valence-corrected chi connectivity index (χ2v) is 11.1. The van der Waals surface area contributed by atoms with E-state index in [9.17, 15) is 4.79 Å². The Bertz CT molecular complexity index is 895. The van der Waals surface area contributed by atoms with Crippen molar-refractivity contribution in [1.29, 1.82) is 0 Å². The zero-order valence-corrected chi connectivity index (χ0v) is 19.6. The molecule has 0 atom stereocenters. The Kier molecular flexibility index (Phi) is 7.78. The Labute approximate surface area is 180 Å². The molecule has 0 N–H and O–H groups in total. The minimum atomic E-state index is -2.55. The Morgan fingerprint density at radius 2 is 1.59 bits per heavy atom. The van der Waals surface area contributed by atoms with Crippen molar-refractivity contribution in [2.75, 3.05) is 48.5 Å². The van der Waals surface area contributed by atoms with Gasteiger partial charge in [0.1, 0.15) is 6.54 Å². The first-order chi connectivity index (χ1) is 13.3. The van der Waals surface area contributed by atoms with Gasteiger partial charge in [0.15, 0.2) is 5.78 Å². The lowest BCUT2D eigenvalue weighted by Gasteiger charge is -2.32. The Hall–Kier alpha value is -1.54. The van der Waals surface area contributed by atoms with E-state index in [2.05, 4.69) is 44.4 Å². The van der Waals surface area contributed by atoms with E-state index in [1.54, 1.807) is 21.3 Å². The van der Waals surface area contributed by atoms with Gasteiger partial charge in [0.25, 0.3) is 0 Å². The van der Waals surface area contributed by atoms with Crippen LogP contribution in [0.4, 0.5) is 0 Å². The Morgan fingerprint density at radius 1 is 0.966 bits per heavy atom. The van der Waals surface area contributed by atoms with E-state index in [1.807, 2.05) is 12.1 Å². The molecule has 0 aliphatic heterocycles. The van der Waals surface area contributed by atoms with E-state index >= 15 is 0 Å². The highest BCUT2D eigenvalue weighted by molar-refractivity contribution is 6.60. The van der Waals surface area contributed by atoms with E-state index in [-0.39, 0.29) is 18.2 Å². The van der Waals surface area contributed by atoms with Gasteiger partial charge in [-0.2, -0.15) is 0 Å². The average molecular weight is 436 g/mol. The van der Waals surface area contributed by atoms with Crippen LogP contribution in [-0.2, 0) is 13.3 Å². The molecule has 158 valence electrons. The number of Topliss-reactive ketones (excluding diaryl/α,β-unsaturated/α-hetero) is 1. The first kappa shape index (κ1) is 23.7. The van der Waals surface area contributed by atoms with Crippen LogP contribution in [0, 0.1) is 0 Å². The molecule has 0 radical (unpaired) electrons. The summed E-state index contributed by atoms with van der Waals surface area (Å²) in [7, 11) is 6.69. The summed E-state index contributed by atoms with van der Waals surface area (Å²) < 4.78 is 17.3. The van der Waals surface area contributed by atoms with Crippen LogP contribution >= 0.6 is 0 Å². The third kappa shape index (κ3) is 4.96. The predicted molar refractivity (Wildman–Crippen MR) is 114 cm³/mol. The van der Waals surface area contributed by atoms with Crippen LogP contribution in [0.1, 0.15) is 22.3 Å². The number of nitrogens with zero attached hydrogens (tertiary/aromatic N) is 1. The molecule has 1 aliphatic carbocycles. The molecule has 5 nitrogen and oxygen atoms in total. The zero-order valence-electron chi connectivity index (χ0n) is 17.8. The maximum absolute atomic E-state index is 13.1. The van der Waals surface area contributed by atoms with Gasteiger partial charge in [0, 0.05) is 44.7 Å². The largest absolute Gasteiger partial charge is 1.00 e. The molecule has 2 aromatic rings. The fourth-order valence-electron chi connectivity index (χ4n) is 4.04. The van der Waals surface area contributed by atoms with Crippen LogP contribution in [0.3, 0.4) is 0 Å². The summed E-state index contributed by atoms with van der Waals surface area (Å²) in [6, 6.07) is 12.9. The van der Waals surface area contributed by atoms with Gasteiger partial charge in [-0.25, -0.2) is 0 Å². The normalized spacial score (nSPS) is 14.0. The van der Waals surface area contributed by atoms with Crippen molar-refractivity contribution in [1.82, 2.24) is 0 Å². The minimum absolute atomic E-state index is 0. The van der Waals surface area contributed by atoms with Crippen molar-refractivity contribution in [3.63, 3.8) is 0 Å². The Balaban J connectivity index is 0.00000300. The molecule has 0 amide bonds. The maximum Gasteiger partial charge on any atom is 0.500 e. The van der Waals surface area contributed by atoms with Crippen molar-refractivity contribution >= 4 is 31.4 Å². The smallest absolute Gasteiger partial charge is 0.500 e. The van der Waals surface area contributed by atoms with E-state index in [1.165, 1.54) is 0 Å². The number of benzene rings is 2. The minimum Gasteiger partial charge on any atom is -1.00 e. The monoisotopic (exact) mass is 435 g/mol. The lowest BCUT2D eigenvalue weighted by atomic mass is 9.87. The van der Waals surface area contributed by atoms with Crippen LogP contribution < -0.4 is 12.4 Å². The lowest BCUT2D eigenvalue weighted by molar-refractivity contribution is -0.885. The number of likely N-dealkylation sites (N-methyl/N-ethyl adjacent to an activating group) is 1. The van der Waals surface area contributed by atoms with E-state index in [0.717, 1.165) is 51.0 Å². The highest BCUT2D eigenvalue weighted by Gasteiger charge is 2.38. The van der Waals surface area contributed by atoms with Crippen LogP contribution in [-0.4, -0.2) is 67.6 Å². The number of quaternary nitrogens is 1. The van der Waals surface area contributed by atoms with Gasteiger partial charge in [-0.3, -0.25) is 4.79 Å². The molecule has 0 unspecified atom stereocenters. The van der Waals surface area contributed by atoms with Gasteiger partial charge < -0.3 is 30.2 Å². The topological polar surface area (TPSA) is 44.8 Å². The van der Waals surface area contributed by atoms with Crippen molar-refractivity contribution in [3.8, 4) is 0 Å². The summed E-state index contributed by atoms with van der Waals surface area (Å²) >= 11 is 0. The van der Waals surface area contributed by atoms with E-state index in [0.29, 0.717) is 6.54 Å². The van der Waals surface area contributed by atoms with Crippen molar-refractivity contribution in [2.24, 2.45) is 0 Å². The molecule has 0 saturated carbocycles. The van der Waals surface area contributed by atoms with E-state index in [4.69, 9.17) is 13.3 Å². The molecule has 0 fully saturated rings. The quantitative estimate of drug-likeness (QED) is 0.431. The molecular weight excluding hydrogens is 406 g/mol. The molecule has 3 rings (SSSR count). The fraction of sp³-hybridized carbons (Fsp3) is 0.409. The van der Waals surface area contributed by atoms with Crippen LogP contribution in [0.15, 0.2) is 42.0 Å². The number of hydrogen-bond donors (Lipinski definition) is 0. The molecule has 0 saturated heterocycles. The summed E-state index contributed by atoms with van der Waals surface area (Å²) in [4.78, 5) is 13.1. The molecule has 1 aliphatic rings. The third-order valence-electron chi connectivity index (χ3n) is 5.58. The number of hydrogen-bond acceptors (Lipinski definition) is 4. The molecule has 0 bridgehead atoms. The third-order valence-corrected chi connectivity index (χ3v) is 8.41. The molecule has 2 aromatic carbocycles. The summed E-state index contributed by atoms with van der Waals surface area (Å²) in [5, 5.41) is 2.19. The first-order valence-corrected chi connectivity index (χ1v) is 11.5. The molecule has 29 heavy (non-hydrogen) atoms. The van der Waals surface area contributed by atoms with Crippen LogP contribution in [0.2, 0.25) is 6.04 Å². The summed E-state index contributed by atoms with van der Waals surface area (Å²) in [6.07, 6.45) is 2.97. The SMILES string of the molecule is CO[Si](CCC[N+](C)(C)CC1=Cc2cccc3cccc(c23)C1=O)(OC)OC.[Cl-]. The highest BCUT2D eigenvalue weighted by atomic mass is 35.5. The molecular formula is C22H30ClNO4Si. The number of carbonyl (C=O) groups is 1. The summed E-state index contributed by atoms with van der Waals surface area (Å²) in [6.45, 7) is 1.59. The molecule has 0 spiro atoms. The summed E-state index contributed by atoms with van der Waals surface area (Å²) in [5.74, 6) is 0.143. The number of rotatable bonds is 9. The standard InChI is InChI=1S/C22H30NO4Si.ClH/c1-23(2,13-8-14-28(25-3,26-4)27-5)16-19-15-18-11-6-9-17-10-7-12-20(21(17)18)22(19)24;/h6-7,9-12,15H,8,13-14,16H2,1-5H3;1H/q+1;/p-1. The summed E-state index contributed by atoms with van der Waals surface area (Å²) in [5.41, 5.74) is 2.81. The van der Waals surface area contributed by atoms with E-state index < -0.39 is 8.80 Å². The van der Waals surface area contributed by atoms with Gasteiger partial charge in [0.05, 0.1) is 26.2 Å². The van der Waals surface area contributed by atoms with Gasteiger partial charge in [-0.1, -0.05) is 36.4 Å². The maximum atomic E-state index is 13.1. The van der Waals surface area contributed by atoms with Crippen molar-refractivity contribution in [2.45, 2.75) is 12.5 Å². The average Bonchev–Trinajstić information content (AvgIpc) is 2.69. The first-order valence-electron chi connectivity index (χ1n) is 9.59. The number of halogens is 1. The number of ketones is 1. The van der Waals surface area contributed by atoms with Gasteiger partial charge in [-0.15, -0.1) is 0 Å². The van der Waals surface area contributed by atoms with Crippen molar-refractivity contribution in [3.05, 3.63) is 53.1 Å². The number of carbonyl (C=O) groups excluding carboxylic acids is 1. The van der Waals surface area contributed by atoms with Crippen molar-refractivity contribution < 1.29 is 35.0 Å². The van der Waals surface area contributed by atoms with Crippen LogP contribution in [0.25, 0.3) is 16.8 Å². The highest BCUT2D eigenvalue weighted by Crippen LogP contribution is 2.32. The lowest BCUT2D eigenvalue weighted by Crippen LogP contribution is -3.00. The second-order valence-electron chi connectivity index (χ2n) is 7.97. The predicted octanol–water partition coefficient (Wildman–Crippen LogP) is 0.768. The Morgan fingerprint density at radius 3 is 2.21 bits per heavy atom. The van der Waals surface area contributed by atoms with Gasteiger partial charge in [-0.05, 0) is 17.0 Å². The zero-order chi connectivity index (χ0) is 20.4. The van der Waals surface area contributed by atoms with Crippen LogP contribution in [0.5, 0.6) is 0 Å².